The zero-order valence-corrected chi connectivity index (χ0v) is 17.3. The number of thioether (sulfide) groups is 1. The molecule has 0 unspecified atom stereocenters. The second-order valence-corrected chi connectivity index (χ2v) is 8.04. The summed E-state index contributed by atoms with van der Waals surface area (Å²) in [5.74, 6) is 0.258. The van der Waals surface area contributed by atoms with Crippen LogP contribution in [0.2, 0.25) is 0 Å². The Morgan fingerprint density at radius 1 is 0.967 bits per heavy atom. The van der Waals surface area contributed by atoms with E-state index in [1.165, 1.54) is 11.8 Å². The maximum absolute atomic E-state index is 12.6. The van der Waals surface area contributed by atoms with Crippen LogP contribution in [0, 0.1) is 0 Å². The maximum Gasteiger partial charge on any atom is 0.257 e. The lowest BCUT2D eigenvalue weighted by molar-refractivity contribution is -0.113. The van der Waals surface area contributed by atoms with Crippen molar-refractivity contribution in [1.82, 2.24) is 15.2 Å². The second kappa shape index (κ2) is 9.38. The molecule has 7 nitrogen and oxygen atoms in total. The van der Waals surface area contributed by atoms with Crippen molar-refractivity contribution in [2.45, 2.75) is 5.16 Å². The third kappa shape index (κ3) is 4.94. The Morgan fingerprint density at radius 2 is 1.77 bits per heavy atom. The van der Waals surface area contributed by atoms with Crippen molar-refractivity contribution in [2.24, 2.45) is 0 Å². The normalized spacial score (nSPS) is 10.5. The standard InChI is InChI=1S/C21H17N5O2S2/c27-18(13-30-21-24-19(25-26-21)17-11-6-12-29-17)23-16-10-5-4-9-15(16)20(28)22-14-7-2-1-3-8-14/h1-12H,13H2,(H,22,28)(H,23,27)(H,24,25,26). The summed E-state index contributed by atoms with van der Waals surface area (Å²) in [6.07, 6.45) is 0. The summed E-state index contributed by atoms with van der Waals surface area (Å²) in [5, 5.41) is 15.1. The van der Waals surface area contributed by atoms with Crippen molar-refractivity contribution < 1.29 is 9.59 Å². The van der Waals surface area contributed by atoms with Crippen LogP contribution in [-0.4, -0.2) is 32.7 Å². The minimum absolute atomic E-state index is 0.121. The van der Waals surface area contributed by atoms with Crippen LogP contribution in [0.15, 0.2) is 77.3 Å². The Hall–Kier alpha value is -3.43. The zero-order valence-electron chi connectivity index (χ0n) is 15.7. The van der Waals surface area contributed by atoms with Gasteiger partial charge in [-0.2, -0.15) is 0 Å². The summed E-state index contributed by atoms with van der Waals surface area (Å²) >= 11 is 2.78. The molecular weight excluding hydrogens is 418 g/mol. The molecule has 0 spiro atoms. The Morgan fingerprint density at radius 3 is 2.57 bits per heavy atom. The number of thiophene rings is 1. The van der Waals surface area contributed by atoms with Gasteiger partial charge in [0.1, 0.15) is 0 Å². The molecule has 30 heavy (non-hydrogen) atoms. The Bertz CT molecular complexity index is 1140. The molecule has 0 radical (unpaired) electrons. The van der Waals surface area contributed by atoms with Crippen LogP contribution in [0.4, 0.5) is 11.4 Å². The molecule has 2 heterocycles. The van der Waals surface area contributed by atoms with Gasteiger partial charge in [0, 0.05) is 5.69 Å². The molecule has 4 aromatic rings. The van der Waals surface area contributed by atoms with E-state index in [9.17, 15) is 9.59 Å². The highest BCUT2D eigenvalue weighted by Gasteiger charge is 2.14. The maximum atomic E-state index is 12.6. The average molecular weight is 436 g/mol. The fourth-order valence-electron chi connectivity index (χ4n) is 2.66. The highest BCUT2D eigenvalue weighted by atomic mass is 32.2. The number of nitrogens with one attached hydrogen (secondary N) is 3. The number of carbonyl (C=O) groups is 2. The van der Waals surface area contributed by atoms with Gasteiger partial charge in [-0.25, -0.2) is 4.98 Å². The predicted molar refractivity (Wildman–Crippen MR) is 120 cm³/mol. The van der Waals surface area contributed by atoms with Crippen molar-refractivity contribution in [1.29, 1.82) is 0 Å². The summed E-state index contributed by atoms with van der Waals surface area (Å²) < 4.78 is 0. The number of nitrogens with zero attached hydrogens (tertiary/aromatic N) is 2. The molecular formula is C21H17N5O2S2. The average Bonchev–Trinajstić information content (AvgIpc) is 3.45. The van der Waals surface area contributed by atoms with Crippen molar-refractivity contribution >= 4 is 46.3 Å². The summed E-state index contributed by atoms with van der Waals surface area (Å²) in [5.41, 5.74) is 1.52. The lowest BCUT2D eigenvalue weighted by atomic mass is 10.1. The van der Waals surface area contributed by atoms with Crippen molar-refractivity contribution in [3.8, 4) is 10.7 Å². The van der Waals surface area contributed by atoms with Gasteiger partial charge in [0.2, 0.25) is 11.1 Å². The van der Waals surface area contributed by atoms with Crippen molar-refractivity contribution in [3.63, 3.8) is 0 Å². The van der Waals surface area contributed by atoms with Gasteiger partial charge in [-0.05, 0) is 35.7 Å². The molecule has 9 heteroatoms. The van der Waals surface area contributed by atoms with Crippen molar-refractivity contribution in [3.05, 3.63) is 77.7 Å². The minimum atomic E-state index is -0.292. The molecule has 0 atom stereocenters. The van der Waals surface area contributed by atoms with Crippen LogP contribution in [0.5, 0.6) is 0 Å². The van der Waals surface area contributed by atoms with Crippen LogP contribution in [0.1, 0.15) is 10.4 Å². The number of aromatic amines is 1. The van der Waals surface area contributed by atoms with E-state index in [0.29, 0.717) is 27.9 Å². The van der Waals surface area contributed by atoms with Crippen molar-refractivity contribution in [2.75, 3.05) is 16.4 Å². The van der Waals surface area contributed by atoms with Gasteiger partial charge >= 0.3 is 0 Å². The third-order valence-electron chi connectivity index (χ3n) is 4.03. The van der Waals surface area contributed by atoms with E-state index in [1.54, 1.807) is 47.7 Å². The lowest BCUT2D eigenvalue weighted by Crippen LogP contribution is -2.19. The fourth-order valence-corrected chi connectivity index (χ4v) is 3.92. The summed E-state index contributed by atoms with van der Waals surface area (Å²) in [6, 6.07) is 19.9. The Labute approximate surface area is 181 Å². The second-order valence-electron chi connectivity index (χ2n) is 6.15. The zero-order chi connectivity index (χ0) is 20.8. The van der Waals surface area contributed by atoms with E-state index in [2.05, 4.69) is 25.8 Å². The molecule has 0 saturated heterocycles. The molecule has 0 fully saturated rings. The number of benzene rings is 2. The largest absolute Gasteiger partial charge is 0.325 e. The summed E-state index contributed by atoms with van der Waals surface area (Å²) in [4.78, 5) is 30.4. The first-order chi connectivity index (χ1) is 14.7. The Kier molecular flexibility index (Phi) is 6.21. The van der Waals surface area contributed by atoms with Crippen LogP contribution < -0.4 is 10.6 Å². The van der Waals surface area contributed by atoms with Gasteiger partial charge in [0.15, 0.2) is 5.82 Å². The molecule has 3 N–H and O–H groups in total. The number of hydrogen-bond acceptors (Lipinski definition) is 6. The lowest BCUT2D eigenvalue weighted by Gasteiger charge is -2.11. The van der Waals surface area contributed by atoms with E-state index < -0.39 is 0 Å². The van der Waals surface area contributed by atoms with Gasteiger partial charge < -0.3 is 10.6 Å². The van der Waals surface area contributed by atoms with Crippen LogP contribution >= 0.6 is 23.1 Å². The smallest absolute Gasteiger partial charge is 0.257 e. The van der Waals surface area contributed by atoms with Gasteiger partial charge in [-0.1, -0.05) is 48.2 Å². The molecule has 0 aliphatic heterocycles. The molecule has 0 aliphatic rings. The highest BCUT2D eigenvalue weighted by molar-refractivity contribution is 7.99. The van der Waals surface area contributed by atoms with Crippen LogP contribution in [0.3, 0.4) is 0 Å². The first kappa shape index (κ1) is 19.9. The van der Waals surface area contributed by atoms with Gasteiger partial charge in [0.05, 0.1) is 21.9 Å². The minimum Gasteiger partial charge on any atom is -0.325 e. The van der Waals surface area contributed by atoms with Gasteiger partial charge in [-0.3, -0.25) is 14.7 Å². The van der Waals surface area contributed by atoms with Gasteiger partial charge in [0.25, 0.3) is 5.91 Å². The molecule has 4 rings (SSSR count). The number of amides is 2. The van der Waals surface area contributed by atoms with E-state index in [4.69, 9.17) is 0 Å². The SMILES string of the molecule is O=C(CSc1n[nH]c(-c2cccs2)n1)Nc1ccccc1C(=O)Nc1ccccc1. The topological polar surface area (TPSA) is 99.8 Å². The number of carbonyl (C=O) groups excluding carboxylic acids is 2. The number of H-pyrrole nitrogens is 1. The first-order valence-corrected chi connectivity index (χ1v) is 10.9. The number of hydrogen-bond donors (Lipinski definition) is 3. The van der Waals surface area contributed by atoms with E-state index in [-0.39, 0.29) is 17.6 Å². The predicted octanol–water partition coefficient (Wildman–Crippen LogP) is 4.52. The molecule has 2 aromatic carbocycles. The number of para-hydroxylation sites is 2. The molecule has 150 valence electrons. The number of anilines is 2. The number of aromatic nitrogens is 3. The molecule has 0 bridgehead atoms. The van der Waals surface area contributed by atoms with E-state index in [0.717, 1.165) is 4.88 Å². The fraction of sp³-hybridized carbons (Fsp3) is 0.0476. The van der Waals surface area contributed by atoms with Crippen LogP contribution in [-0.2, 0) is 4.79 Å². The summed E-state index contributed by atoms with van der Waals surface area (Å²) in [7, 11) is 0. The van der Waals surface area contributed by atoms with E-state index >= 15 is 0 Å². The highest BCUT2D eigenvalue weighted by Crippen LogP contribution is 2.23. The van der Waals surface area contributed by atoms with Crippen LogP contribution in [0.25, 0.3) is 10.7 Å². The quantitative estimate of drug-likeness (QED) is 0.371. The monoisotopic (exact) mass is 435 g/mol. The molecule has 2 amide bonds. The molecule has 0 aliphatic carbocycles. The molecule has 2 aromatic heterocycles. The molecule has 0 saturated carbocycles. The third-order valence-corrected chi connectivity index (χ3v) is 5.75. The Balaban J connectivity index is 1.37. The van der Waals surface area contributed by atoms with E-state index in [1.807, 2.05) is 35.7 Å². The first-order valence-electron chi connectivity index (χ1n) is 9.03. The summed E-state index contributed by atoms with van der Waals surface area (Å²) in [6.45, 7) is 0. The van der Waals surface area contributed by atoms with Gasteiger partial charge in [-0.15, -0.1) is 16.4 Å². The number of rotatable bonds is 7.